The lowest BCUT2D eigenvalue weighted by Crippen LogP contribution is -2.41. The van der Waals surface area contributed by atoms with Crippen molar-refractivity contribution in [3.8, 4) is 22.8 Å². The molecule has 0 bridgehead atoms. The number of carbonyl (C=O) groups is 2. The number of hydrogen-bond acceptors (Lipinski definition) is 8. The van der Waals surface area contributed by atoms with Gasteiger partial charge in [-0.15, -0.1) is 11.3 Å². The second kappa shape index (κ2) is 9.17. The summed E-state index contributed by atoms with van der Waals surface area (Å²) in [5, 5.41) is 7.29. The fourth-order valence-corrected chi connectivity index (χ4v) is 4.93. The molecule has 0 aliphatic carbocycles. The van der Waals surface area contributed by atoms with Crippen molar-refractivity contribution >= 4 is 44.0 Å². The van der Waals surface area contributed by atoms with Crippen molar-refractivity contribution in [2.24, 2.45) is 0 Å². The van der Waals surface area contributed by atoms with Crippen LogP contribution in [-0.2, 0) is 19.6 Å². The quantitative estimate of drug-likeness (QED) is 0.465. The van der Waals surface area contributed by atoms with Gasteiger partial charge in [-0.05, 0) is 49.4 Å². The van der Waals surface area contributed by atoms with E-state index >= 15 is 0 Å². The Morgan fingerprint density at radius 3 is 2.52 bits per heavy atom. The van der Waals surface area contributed by atoms with Crippen molar-refractivity contribution in [1.82, 2.24) is 9.71 Å². The number of anilines is 2. The average molecular weight is 489 g/mol. The first-order valence-electron chi connectivity index (χ1n) is 9.78. The molecule has 2 heterocycles. The Hall–Kier alpha value is -3.48. The lowest BCUT2D eigenvalue weighted by Gasteiger charge is -2.14. The molecule has 4 rings (SSSR count). The van der Waals surface area contributed by atoms with E-state index in [1.54, 1.807) is 17.5 Å². The molecule has 0 radical (unpaired) electrons. The van der Waals surface area contributed by atoms with Crippen LogP contribution in [0.15, 0.2) is 52.7 Å². The molecule has 1 aliphatic heterocycles. The van der Waals surface area contributed by atoms with E-state index in [1.807, 2.05) is 6.07 Å². The van der Waals surface area contributed by atoms with Gasteiger partial charge in [0.2, 0.25) is 28.6 Å². The number of carbonyl (C=O) groups excluding carboxylic acids is 2. The van der Waals surface area contributed by atoms with Gasteiger partial charge in [0.25, 0.3) is 0 Å². The lowest BCUT2D eigenvalue weighted by atomic mass is 10.1. The van der Waals surface area contributed by atoms with Crippen LogP contribution in [0.5, 0.6) is 11.5 Å². The highest BCUT2D eigenvalue weighted by Gasteiger charge is 2.23. The molecule has 1 atom stereocenters. The summed E-state index contributed by atoms with van der Waals surface area (Å²) in [7, 11) is -3.95. The first-order chi connectivity index (χ1) is 15.7. The SMILES string of the molecule is CC(=O)Nc1ccc(S(=O)(=O)N[C@H](C)C(=O)Nc2nc(-c3ccc4c(c3)OCO4)cs2)cc1. The summed E-state index contributed by atoms with van der Waals surface area (Å²) >= 11 is 1.22. The second-order valence-corrected chi connectivity index (χ2v) is 9.72. The fraction of sp³-hybridized carbons (Fsp3) is 0.190. The predicted molar refractivity (Wildman–Crippen MR) is 123 cm³/mol. The van der Waals surface area contributed by atoms with Gasteiger partial charge in [0.1, 0.15) is 0 Å². The van der Waals surface area contributed by atoms with E-state index < -0.39 is 22.0 Å². The van der Waals surface area contributed by atoms with Gasteiger partial charge >= 0.3 is 0 Å². The molecule has 33 heavy (non-hydrogen) atoms. The molecule has 0 spiro atoms. The van der Waals surface area contributed by atoms with Crippen molar-refractivity contribution < 1.29 is 27.5 Å². The number of sulfonamides is 1. The normalized spacial score (nSPS) is 13.4. The summed E-state index contributed by atoms with van der Waals surface area (Å²) in [6.45, 7) is 2.96. The third-order valence-electron chi connectivity index (χ3n) is 4.61. The number of nitrogens with one attached hydrogen (secondary N) is 3. The molecule has 0 unspecified atom stereocenters. The van der Waals surface area contributed by atoms with Crippen LogP contribution in [-0.4, -0.2) is 38.1 Å². The van der Waals surface area contributed by atoms with Crippen molar-refractivity contribution in [2.75, 3.05) is 17.4 Å². The van der Waals surface area contributed by atoms with E-state index in [4.69, 9.17) is 9.47 Å². The van der Waals surface area contributed by atoms with Crippen LogP contribution in [0.25, 0.3) is 11.3 Å². The maximum Gasteiger partial charge on any atom is 0.244 e. The molecule has 3 N–H and O–H groups in total. The van der Waals surface area contributed by atoms with Gasteiger partial charge in [-0.25, -0.2) is 13.4 Å². The molecule has 172 valence electrons. The number of amides is 2. The summed E-state index contributed by atoms with van der Waals surface area (Å²) in [5.41, 5.74) is 1.91. The molecule has 2 amide bonds. The molecular formula is C21H20N4O6S2. The Morgan fingerprint density at radius 1 is 1.06 bits per heavy atom. The van der Waals surface area contributed by atoms with Crippen LogP contribution in [0, 0.1) is 0 Å². The molecule has 0 fully saturated rings. The first kappa shape index (κ1) is 22.7. The standard InChI is InChI=1S/C21H20N4O6S2/c1-12(25-33(28,29)16-6-4-15(5-7-16)22-13(2)26)20(27)24-21-23-17(10-32-21)14-3-8-18-19(9-14)31-11-30-18/h3-10,12,25H,11H2,1-2H3,(H,22,26)(H,23,24,27)/t12-/m1/s1. The van der Waals surface area contributed by atoms with Crippen LogP contribution < -0.4 is 24.8 Å². The van der Waals surface area contributed by atoms with Gasteiger partial charge in [-0.3, -0.25) is 9.59 Å². The van der Waals surface area contributed by atoms with Gasteiger partial charge in [-0.2, -0.15) is 4.72 Å². The maximum atomic E-state index is 12.6. The predicted octanol–water partition coefficient (Wildman–Crippen LogP) is 2.80. The topological polar surface area (TPSA) is 136 Å². The summed E-state index contributed by atoms with van der Waals surface area (Å²) in [6.07, 6.45) is 0. The molecule has 10 nitrogen and oxygen atoms in total. The van der Waals surface area contributed by atoms with Gasteiger partial charge in [0, 0.05) is 23.6 Å². The van der Waals surface area contributed by atoms with E-state index in [0.717, 1.165) is 5.56 Å². The molecule has 1 aliphatic rings. The maximum absolute atomic E-state index is 12.6. The monoisotopic (exact) mass is 488 g/mol. The Balaban J connectivity index is 1.39. The van der Waals surface area contributed by atoms with Crippen molar-refractivity contribution in [3.63, 3.8) is 0 Å². The highest BCUT2D eigenvalue weighted by atomic mass is 32.2. The van der Waals surface area contributed by atoms with Gasteiger partial charge < -0.3 is 20.1 Å². The highest BCUT2D eigenvalue weighted by Crippen LogP contribution is 2.36. The zero-order valence-corrected chi connectivity index (χ0v) is 19.2. The first-order valence-corrected chi connectivity index (χ1v) is 12.1. The number of fused-ring (bicyclic) bond motifs is 1. The zero-order valence-electron chi connectivity index (χ0n) is 17.6. The number of hydrogen-bond donors (Lipinski definition) is 3. The molecular weight excluding hydrogens is 468 g/mol. The third kappa shape index (κ3) is 5.30. The fourth-order valence-electron chi connectivity index (χ4n) is 3.01. The molecule has 1 aromatic heterocycles. The highest BCUT2D eigenvalue weighted by molar-refractivity contribution is 7.89. The second-order valence-electron chi connectivity index (χ2n) is 7.14. The lowest BCUT2D eigenvalue weighted by molar-refractivity contribution is -0.117. The smallest absolute Gasteiger partial charge is 0.244 e. The van der Waals surface area contributed by atoms with Crippen LogP contribution in [0.3, 0.4) is 0 Å². The van der Waals surface area contributed by atoms with Gasteiger partial charge in [-0.1, -0.05) is 0 Å². The van der Waals surface area contributed by atoms with Crippen LogP contribution in [0.2, 0.25) is 0 Å². The Labute approximate surface area is 194 Å². The number of nitrogens with zero attached hydrogens (tertiary/aromatic N) is 1. The summed E-state index contributed by atoms with van der Waals surface area (Å²) < 4.78 is 38.2. The Kier molecular flexibility index (Phi) is 6.31. The van der Waals surface area contributed by atoms with Crippen molar-refractivity contribution in [1.29, 1.82) is 0 Å². The van der Waals surface area contributed by atoms with Crippen molar-refractivity contribution in [3.05, 3.63) is 47.8 Å². The largest absolute Gasteiger partial charge is 0.454 e. The summed E-state index contributed by atoms with van der Waals surface area (Å²) in [4.78, 5) is 28.0. The van der Waals surface area contributed by atoms with Gasteiger partial charge in [0.05, 0.1) is 16.6 Å². The van der Waals surface area contributed by atoms with E-state index in [-0.39, 0.29) is 17.6 Å². The zero-order chi connectivity index (χ0) is 23.6. The van der Waals surface area contributed by atoms with E-state index in [1.165, 1.54) is 49.4 Å². The van der Waals surface area contributed by atoms with Crippen LogP contribution in [0.1, 0.15) is 13.8 Å². The summed E-state index contributed by atoms with van der Waals surface area (Å²) in [5.74, 6) is 0.463. The summed E-state index contributed by atoms with van der Waals surface area (Å²) in [6, 6.07) is 9.99. The third-order valence-corrected chi connectivity index (χ3v) is 6.93. The number of aromatic nitrogens is 1. The molecule has 0 saturated carbocycles. The average Bonchev–Trinajstić information content (AvgIpc) is 3.42. The molecule has 3 aromatic rings. The minimum atomic E-state index is -3.95. The van der Waals surface area contributed by atoms with Gasteiger partial charge in [0.15, 0.2) is 16.6 Å². The molecule has 0 saturated heterocycles. The number of thiazole rings is 1. The Morgan fingerprint density at radius 2 is 1.79 bits per heavy atom. The number of benzene rings is 2. The molecule has 12 heteroatoms. The number of ether oxygens (including phenoxy) is 2. The minimum absolute atomic E-state index is 0.0319. The number of rotatable bonds is 7. The minimum Gasteiger partial charge on any atom is -0.454 e. The van der Waals surface area contributed by atoms with E-state index in [0.29, 0.717) is 28.0 Å². The molecule has 2 aromatic carbocycles. The van der Waals surface area contributed by atoms with Crippen LogP contribution in [0.4, 0.5) is 10.8 Å². The van der Waals surface area contributed by atoms with Crippen LogP contribution >= 0.6 is 11.3 Å². The van der Waals surface area contributed by atoms with E-state index in [2.05, 4.69) is 20.3 Å². The van der Waals surface area contributed by atoms with Crippen molar-refractivity contribution in [2.45, 2.75) is 24.8 Å². The van der Waals surface area contributed by atoms with E-state index in [9.17, 15) is 18.0 Å². The Bertz CT molecular complexity index is 1300.